The van der Waals surface area contributed by atoms with Crippen molar-refractivity contribution < 1.29 is 28.7 Å². The van der Waals surface area contributed by atoms with Gasteiger partial charge in [0.15, 0.2) is 0 Å². The highest BCUT2D eigenvalue weighted by Gasteiger charge is 2.28. The minimum Gasteiger partial charge on any atom is -0.449 e. The van der Waals surface area contributed by atoms with Crippen LogP contribution in [0.15, 0.2) is 41.1 Å². The monoisotopic (exact) mass is 462 g/mol. The second-order valence-electron chi connectivity index (χ2n) is 8.22. The van der Waals surface area contributed by atoms with Crippen molar-refractivity contribution in [3.8, 4) is 0 Å². The summed E-state index contributed by atoms with van der Waals surface area (Å²) in [4.78, 5) is 24.3. The molecular weight excluding hydrogens is 428 g/mol. The van der Waals surface area contributed by atoms with Gasteiger partial charge in [-0.15, -0.1) is 0 Å². The van der Waals surface area contributed by atoms with E-state index in [9.17, 15) is 9.59 Å². The number of carbonyl (C=O) groups excluding carboxylic acids is 2. The highest BCUT2D eigenvalue weighted by Crippen LogP contribution is 2.19. The highest BCUT2D eigenvalue weighted by molar-refractivity contribution is 5.85. The van der Waals surface area contributed by atoms with E-state index in [2.05, 4.69) is 15.8 Å². The van der Waals surface area contributed by atoms with Gasteiger partial charge < -0.3 is 35.5 Å². The Kier molecular flexibility index (Phi) is 10.8. The van der Waals surface area contributed by atoms with Crippen LogP contribution in [0.5, 0.6) is 0 Å². The Labute approximate surface area is 193 Å². The Balaban J connectivity index is 1.96. The first-order valence-corrected chi connectivity index (χ1v) is 11.0. The van der Waals surface area contributed by atoms with E-state index in [0.717, 1.165) is 5.56 Å². The number of hydrogen-bond acceptors (Lipinski definition) is 8. The molecule has 1 heterocycles. The number of aliphatic hydroxyl groups is 1. The van der Waals surface area contributed by atoms with Crippen molar-refractivity contribution in [3.05, 3.63) is 53.4 Å². The molecule has 2 rings (SSSR count). The predicted molar refractivity (Wildman–Crippen MR) is 121 cm³/mol. The number of nitrogens with two attached hydrogens (primary N) is 1. The van der Waals surface area contributed by atoms with Crippen molar-refractivity contribution >= 4 is 12.0 Å². The molecule has 1 atom stereocenters. The number of unbranched alkanes of at least 4 members (excludes halogenated alkanes) is 1. The molecule has 33 heavy (non-hydrogen) atoms. The summed E-state index contributed by atoms with van der Waals surface area (Å²) in [6.07, 6.45) is 2.56. The molecule has 0 saturated heterocycles. The number of rotatable bonds is 14. The lowest BCUT2D eigenvalue weighted by atomic mass is 10.0. The fourth-order valence-corrected chi connectivity index (χ4v) is 2.87. The molecule has 0 saturated carbocycles. The lowest BCUT2D eigenvalue weighted by Crippen LogP contribution is -2.50. The second-order valence-corrected chi connectivity index (χ2v) is 8.22. The van der Waals surface area contributed by atoms with Gasteiger partial charge in [-0.3, -0.25) is 4.79 Å². The van der Waals surface area contributed by atoms with E-state index >= 15 is 0 Å². The van der Waals surface area contributed by atoms with Crippen molar-refractivity contribution in [2.75, 3.05) is 26.4 Å². The summed E-state index contributed by atoms with van der Waals surface area (Å²) >= 11 is 0. The molecule has 2 amide bonds. The van der Waals surface area contributed by atoms with Gasteiger partial charge in [0.25, 0.3) is 0 Å². The maximum absolute atomic E-state index is 12.5. The SMILES string of the molecule is CC(C)(N)C(=O)N[C@H](COCc1ccccc1)c1nocc1CCOC(=O)NCCCCO. The molecule has 182 valence electrons. The molecule has 5 N–H and O–H groups in total. The lowest BCUT2D eigenvalue weighted by molar-refractivity contribution is -0.126. The molecular formula is C23H34N4O6. The van der Waals surface area contributed by atoms with Crippen molar-refractivity contribution in [3.63, 3.8) is 0 Å². The predicted octanol–water partition coefficient (Wildman–Crippen LogP) is 1.83. The molecule has 0 aliphatic carbocycles. The van der Waals surface area contributed by atoms with Gasteiger partial charge >= 0.3 is 6.09 Å². The molecule has 0 aliphatic rings. The van der Waals surface area contributed by atoms with Crippen LogP contribution < -0.4 is 16.4 Å². The zero-order valence-corrected chi connectivity index (χ0v) is 19.2. The minimum atomic E-state index is -1.08. The molecule has 1 aromatic carbocycles. The van der Waals surface area contributed by atoms with Crippen LogP contribution in [-0.4, -0.2) is 54.2 Å². The van der Waals surface area contributed by atoms with E-state index in [4.69, 9.17) is 24.8 Å². The summed E-state index contributed by atoms with van der Waals surface area (Å²) in [5, 5.41) is 18.3. The lowest BCUT2D eigenvalue weighted by Gasteiger charge is -2.23. The maximum Gasteiger partial charge on any atom is 0.407 e. The van der Waals surface area contributed by atoms with Gasteiger partial charge in [-0.2, -0.15) is 0 Å². The van der Waals surface area contributed by atoms with Crippen molar-refractivity contribution in [1.29, 1.82) is 0 Å². The number of nitrogens with zero attached hydrogens (tertiary/aromatic N) is 1. The number of carbonyl (C=O) groups is 2. The molecule has 0 aliphatic heterocycles. The number of aliphatic hydroxyl groups excluding tert-OH is 1. The minimum absolute atomic E-state index is 0.0844. The summed E-state index contributed by atoms with van der Waals surface area (Å²) < 4.78 is 16.2. The first-order valence-electron chi connectivity index (χ1n) is 11.0. The number of ether oxygens (including phenoxy) is 2. The van der Waals surface area contributed by atoms with Crippen LogP contribution in [0, 0.1) is 0 Å². The molecule has 1 aromatic heterocycles. The molecule has 0 radical (unpaired) electrons. The number of aromatic nitrogens is 1. The third kappa shape index (κ3) is 9.60. The summed E-state index contributed by atoms with van der Waals surface area (Å²) in [5.41, 5.74) is 7.03. The van der Waals surface area contributed by atoms with Crippen LogP contribution in [0.25, 0.3) is 0 Å². The van der Waals surface area contributed by atoms with E-state index < -0.39 is 17.7 Å². The topological polar surface area (TPSA) is 149 Å². The van der Waals surface area contributed by atoms with Crippen LogP contribution >= 0.6 is 0 Å². The Hall–Kier alpha value is -2.95. The van der Waals surface area contributed by atoms with Gasteiger partial charge in [-0.1, -0.05) is 35.5 Å². The van der Waals surface area contributed by atoms with Gasteiger partial charge in [0.05, 0.1) is 31.4 Å². The summed E-state index contributed by atoms with van der Waals surface area (Å²) in [6, 6.07) is 9.08. The Bertz CT molecular complexity index is 850. The molecule has 10 heteroatoms. The first kappa shape index (κ1) is 26.3. The van der Waals surface area contributed by atoms with Crippen LogP contribution in [0.2, 0.25) is 0 Å². The molecule has 0 bridgehead atoms. The van der Waals surface area contributed by atoms with Crippen LogP contribution in [0.1, 0.15) is 49.6 Å². The smallest absolute Gasteiger partial charge is 0.407 e. The third-order valence-electron chi connectivity index (χ3n) is 4.75. The second kappa shape index (κ2) is 13.6. The van der Waals surface area contributed by atoms with Crippen molar-refractivity contribution in [2.45, 2.75) is 51.3 Å². The number of alkyl carbamates (subject to hydrolysis) is 1. The van der Waals surface area contributed by atoms with Crippen LogP contribution in [0.3, 0.4) is 0 Å². The van der Waals surface area contributed by atoms with E-state index in [1.54, 1.807) is 13.8 Å². The van der Waals surface area contributed by atoms with Gasteiger partial charge in [0, 0.05) is 25.1 Å². The average Bonchev–Trinajstić information content (AvgIpc) is 3.24. The number of amides is 2. The summed E-state index contributed by atoms with van der Waals surface area (Å²) in [5.74, 6) is -0.358. The normalized spacial score (nSPS) is 12.2. The molecule has 0 spiro atoms. The van der Waals surface area contributed by atoms with E-state index in [-0.39, 0.29) is 25.7 Å². The maximum atomic E-state index is 12.5. The number of nitrogens with one attached hydrogen (secondary N) is 2. The standard InChI is InChI=1S/C23H34N4O6/c1-23(2,24)21(29)26-19(16-31-14-17-8-4-3-5-9-17)20-18(15-33-27-20)10-13-32-22(30)25-11-6-7-12-28/h3-5,8-9,15,19,28H,6-7,10-14,16,24H2,1-2H3,(H,25,30)(H,26,29)/t19-/m1/s1. The first-order chi connectivity index (χ1) is 15.8. The molecule has 10 nitrogen and oxygen atoms in total. The zero-order chi connectivity index (χ0) is 24.1. The Morgan fingerprint density at radius 2 is 2.00 bits per heavy atom. The Morgan fingerprint density at radius 1 is 1.24 bits per heavy atom. The van der Waals surface area contributed by atoms with E-state index in [0.29, 0.717) is 43.7 Å². The van der Waals surface area contributed by atoms with Crippen LogP contribution in [-0.2, 0) is 27.3 Å². The fraction of sp³-hybridized carbons (Fsp3) is 0.522. The molecule has 0 unspecified atom stereocenters. The fourth-order valence-electron chi connectivity index (χ4n) is 2.87. The highest BCUT2D eigenvalue weighted by atomic mass is 16.5. The molecule has 0 fully saturated rings. The number of benzene rings is 1. The van der Waals surface area contributed by atoms with E-state index in [1.807, 2.05) is 30.3 Å². The zero-order valence-electron chi connectivity index (χ0n) is 19.2. The van der Waals surface area contributed by atoms with Crippen LogP contribution in [0.4, 0.5) is 4.79 Å². The van der Waals surface area contributed by atoms with E-state index in [1.165, 1.54) is 6.26 Å². The summed E-state index contributed by atoms with van der Waals surface area (Å²) in [7, 11) is 0. The summed E-state index contributed by atoms with van der Waals surface area (Å²) in [6.45, 7) is 4.37. The van der Waals surface area contributed by atoms with Crippen molar-refractivity contribution in [1.82, 2.24) is 15.8 Å². The van der Waals surface area contributed by atoms with Crippen molar-refractivity contribution in [2.24, 2.45) is 5.73 Å². The number of hydrogen-bond donors (Lipinski definition) is 4. The average molecular weight is 463 g/mol. The molecule has 2 aromatic rings. The Morgan fingerprint density at radius 3 is 2.70 bits per heavy atom. The third-order valence-corrected chi connectivity index (χ3v) is 4.75. The van der Waals surface area contributed by atoms with Gasteiger partial charge in [-0.25, -0.2) is 4.79 Å². The van der Waals surface area contributed by atoms with Gasteiger partial charge in [0.2, 0.25) is 5.91 Å². The quantitative estimate of drug-likeness (QED) is 0.311. The van der Waals surface area contributed by atoms with Gasteiger partial charge in [0.1, 0.15) is 12.0 Å². The van der Waals surface area contributed by atoms with Gasteiger partial charge in [-0.05, 0) is 32.3 Å². The largest absolute Gasteiger partial charge is 0.449 e.